The maximum absolute atomic E-state index is 13.6. The molecule has 0 aliphatic heterocycles. The summed E-state index contributed by atoms with van der Waals surface area (Å²) in [5.74, 6) is -0.478. The number of anilines is 1. The Morgan fingerprint density at radius 1 is 1.18 bits per heavy atom. The van der Waals surface area contributed by atoms with Crippen molar-refractivity contribution in [3.8, 4) is 5.75 Å². The van der Waals surface area contributed by atoms with E-state index in [1.54, 1.807) is 25.1 Å². The van der Waals surface area contributed by atoms with Gasteiger partial charge in [0.1, 0.15) is 18.3 Å². The summed E-state index contributed by atoms with van der Waals surface area (Å²) < 4.78 is 32.7. The highest BCUT2D eigenvalue weighted by atomic mass is 79.9. The third-order valence-corrected chi connectivity index (χ3v) is 6.86. The molecule has 8 nitrogen and oxygen atoms in total. The number of benzene rings is 2. The van der Waals surface area contributed by atoms with Crippen molar-refractivity contribution in [3.05, 3.63) is 58.1 Å². The first-order valence-electron chi connectivity index (χ1n) is 10.9. The second-order valence-corrected chi connectivity index (χ2v) is 10.9. The monoisotopic (exact) mass is 553 g/mol. The lowest BCUT2D eigenvalue weighted by Crippen LogP contribution is -2.51. The molecule has 0 aliphatic rings. The third-order valence-electron chi connectivity index (χ3n) is 5.24. The lowest BCUT2D eigenvalue weighted by Gasteiger charge is -2.32. The molecule has 1 atom stereocenters. The van der Waals surface area contributed by atoms with Crippen LogP contribution >= 0.6 is 15.9 Å². The van der Waals surface area contributed by atoms with E-state index < -0.39 is 28.5 Å². The van der Waals surface area contributed by atoms with E-state index in [9.17, 15) is 18.0 Å². The largest absolute Gasteiger partial charge is 0.495 e. The van der Waals surface area contributed by atoms with E-state index >= 15 is 0 Å². The van der Waals surface area contributed by atoms with Crippen LogP contribution in [0.5, 0.6) is 5.75 Å². The fourth-order valence-electron chi connectivity index (χ4n) is 3.40. The first kappa shape index (κ1) is 27.7. The minimum atomic E-state index is -3.84. The standard InChI is InChI=1S/C24H32BrN3O5S/c1-6-12-26-24(30)18(3)27(15-19-8-7-9-20(25)14-19)23(29)16-28(34(5,31)32)21-13-17(2)10-11-22(21)33-4/h7-11,13-14,18H,6,12,15-16H2,1-5H3,(H,26,30)/t18-/m0/s1. The van der Waals surface area contributed by atoms with E-state index in [0.29, 0.717) is 12.3 Å². The fourth-order valence-corrected chi connectivity index (χ4v) is 4.69. The molecule has 0 spiro atoms. The Hall–Kier alpha value is -2.59. The number of ether oxygens (including phenoxy) is 1. The van der Waals surface area contributed by atoms with E-state index in [0.717, 1.165) is 32.6 Å². The van der Waals surface area contributed by atoms with Crippen LogP contribution in [0.2, 0.25) is 0 Å². The van der Waals surface area contributed by atoms with Gasteiger partial charge in [0.2, 0.25) is 21.8 Å². The van der Waals surface area contributed by atoms with Crippen molar-refractivity contribution in [1.29, 1.82) is 0 Å². The average molecular weight is 555 g/mol. The number of halogens is 1. The zero-order valence-electron chi connectivity index (χ0n) is 20.2. The Morgan fingerprint density at radius 3 is 2.47 bits per heavy atom. The number of rotatable bonds is 11. The van der Waals surface area contributed by atoms with Gasteiger partial charge >= 0.3 is 0 Å². The second-order valence-electron chi connectivity index (χ2n) is 8.06. The number of carbonyl (C=O) groups excluding carboxylic acids is 2. The molecule has 186 valence electrons. The van der Waals surface area contributed by atoms with Gasteiger partial charge in [-0.3, -0.25) is 13.9 Å². The van der Waals surface area contributed by atoms with Crippen molar-refractivity contribution in [1.82, 2.24) is 10.2 Å². The SMILES string of the molecule is CCCNC(=O)[C@H](C)N(Cc1cccc(Br)c1)C(=O)CN(c1cc(C)ccc1OC)S(C)(=O)=O. The molecule has 2 amide bonds. The molecule has 2 aromatic carbocycles. The predicted molar refractivity (Wildman–Crippen MR) is 137 cm³/mol. The van der Waals surface area contributed by atoms with E-state index in [-0.39, 0.29) is 18.1 Å². The van der Waals surface area contributed by atoms with Gasteiger partial charge in [-0.05, 0) is 55.7 Å². The summed E-state index contributed by atoms with van der Waals surface area (Å²) in [6.07, 6.45) is 1.80. The van der Waals surface area contributed by atoms with Crippen LogP contribution in [-0.4, -0.2) is 57.6 Å². The number of aryl methyl sites for hydroxylation is 1. The normalized spacial score (nSPS) is 12.1. The van der Waals surface area contributed by atoms with Crippen molar-refractivity contribution in [2.75, 3.05) is 30.8 Å². The predicted octanol–water partition coefficient (Wildman–Crippen LogP) is 3.48. The average Bonchev–Trinajstić information content (AvgIpc) is 2.78. The van der Waals surface area contributed by atoms with Crippen molar-refractivity contribution in [3.63, 3.8) is 0 Å². The van der Waals surface area contributed by atoms with Crippen molar-refractivity contribution < 1.29 is 22.7 Å². The Labute approximate surface area is 210 Å². The lowest BCUT2D eigenvalue weighted by molar-refractivity contribution is -0.139. The zero-order chi connectivity index (χ0) is 25.5. The van der Waals surface area contributed by atoms with Crippen LogP contribution in [-0.2, 0) is 26.2 Å². The fraction of sp³-hybridized carbons (Fsp3) is 0.417. The number of amides is 2. The van der Waals surface area contributed by atoms with Gasteiger partial charge in [-0.25, -0.2) is 8.42 Å². The van der Waals surface area contributed by atoms with Crippen molar-refractivity contribution >= 4 is 43.5 Å². The molecule has 0 saturated heterocycles. The third kappa shape index (κ3) is 7.46. The lowest BCUT2D eigenvalue weighted by atomic mass is 10.1. The quantitative estimate of drug-likeness (QED) is 0.459. The maximum Gasteiger partial charge on any atom is 0.244 e. The van der Waals surface area contributed by atoms with Crippen molar-refractivity contribution in [2.45, 2.75) is 39.8 Å². The number of nitrogens with one attached hydrogen (secondary N) is 1. The maximum atomic E-state index is 13.6. The van der Waals surface area contributed by atoms with Gasteiger partial charge < -0.3 is 15.0 Å². The molecule has 2 aromatic rings. The number of nitrogens with zero attached hydrogens (tertiary/aromatic N) is 2. The van der Waals surface area contributed by atoms with Gasteiger partial charge in [0.25, 0.3) is 0 Å². The number of hydrogen-bond acceptors (Lipinski definition) is 5. The summed E-state index contributed by atoms with van der Waals surface area (Å²) >= 11 is 3.42. The molecular formula is C24H32BrN3O5S. The van der Waals surface area contributed by atoms with Gasteiger partial charge in [-0.2, -0.15) is 0 Å². The molecular weight excluding hydrogens is 522 g/mol. The summed E-state index contributed by atoms with van der Waals surface area (Å²) in [6, 6.07) is 11.7. The molecule has 10 heteroatoms. The van der Waals surface area contributed by atoms with Gasteiger partial charge in [0.05, 0.1) is 19.1 Å². The summed E-state index contributed by atoms with van der Waals surface area (Å²) in [5.41, 5.74) is 1.89. The highest BCUT2D eigenvalue weighted by Crippen LogP contribution is 2.31. The van der Waals surface area contributed by atoms with E-state index in [4.69, 9.17) is 4.74 Å². The van der Waals surface area contributed by atoms with Gasteiger partial charge in [0.15, 0.2) is 0 Å². The second kappa shape index (κ2) is 12.2. The molecule has 2 rings (SSSR count). The van der Waals surface area contributed by atoms with Crippen LogP contribution in [0.3, 0.4) is 0 Å². The van der Waals surface area contributed by atoms with Crippen LogP contribution < -0.4 is 14.4 Å². The molecule has 0 radical (unpaired) electrons. The van der Waals surface area contributed by atoms with Crippen LogP contribution in [0, 0.1) is 6.92 Å². The minimum absolute atomic E-state index is 0.140. The number of methoxy groups -OCH3 is 1. The van der Waals surface area contributed by atoms with Crippen LogP contribution in [0.4, 0.5) is 5.69 Å². The number of carbonyl (C=O) groups is 2. The summed E-state index contributed by atoms with van der Waals surface area (Å²) in [4.78, 5) is 27.7. The smallest absolute Gasteiger partial charge is 0.244 e. The molecule has 0 aromatic heterocycles. The topological polar surface area (TPSA) is 96.0 Å². The Morgan fingerprint density at radius 2 is 1.88 bits per heavy atom. The molecule has 0 heterocycles. The molecule has 0 saturated carbocycles. The van der Waals surface area contributed by atoms with Crippen LogP contribution in [0.25, 0.3) is 0 Å². The summed E-state index contributed by atoms with van der Waals surface area (Å²) in [5, 5.41) is 2.81. The Bertz CT molecular complexity index is 1120. The highest BCUT2D eigenvalue weighted by molar-refractivity contribution is 9.10. The first-order chi connectivity index (χ1) is 16.0. The van der Waals surface area contributed by atoms with E-state index in [1.807, 2.05) is 38.1 Å². The van der Waals surface area contributed by atoms with Crippen LogP contribution in [0.15, 0.2) is 46.9 Å². The number of hydrogen-bond donors (Lipinski definition) is 1. The van der Waals surface area contributed by atoms with Crippen molar-refractivity contribution in [2.24, 2.45) is 0 Å². The molecule has 0 aliphatic carbocycles. The highest BCUT2D eigenvalue weighted by Gasteiger charge is 2.31. The molecule has 34 heavy (non-hydrogen) atoms. The molecule has 0 bridgehead atoms. The molecule has 0 fully saturated rings. The molecule has 0 unspecified atom stereocenters. The minimum Gasteiger partial charge on any atom is -0.495 e. The van der Waals surface area contributed by atoms with Gasteiger partial charge in [-0.15, -0.1) is 0 Å². The zero-order valence-corrected chi connectivity index (χ0v) is 22.6. The van der Waals surface area contributed by atoms with Crippen LogP contribution in [0.1, 0.15) is 31.4 Å². The Balaban J connectivity index is 2.45. The van der Waals surface area contributed by atoms with E-state index in [1.165, 1.54) is 12.0 Å². The Kier molecular flexibility index (Phi) is 9.93. The first-order valence-corrected chi connectivity index (χ1v) is 13.6. The molecule has 1 N–H and O–H groups in total. The van der Waals surface area contributed by atoms with E-state index in [2.05, 4.69) is 21.2 Å². The summed E-state index contributed by atoms with van der Waals surface area (Å²) in [7, 11) is -2.40. The van der Waals surface area contributed by atoms with Gasteiger partial charge in [-0.1, -0.05) is 41.1 Å². The summed E-state index contributed by atoms with van der Waals surface area (Å²) in [6.45, 7) is 5.55. The van der Waals surface area contributed by atoms with Gasteiger partial charge in [0, 0.05) is 17.6 Å². The number of sulfonamides is 1.